The number of rotatable bonds is 6. The van der Waals surface area contributed by atoms with Crippen molar-refractivity contribution in [3.8, 4) is 0 Å². The first-order valence-electron chi connectivity index (χ1n) is 5.78. The number of hydrogen-bond acceptors (Lipinski definition) is 2. The molecule has 17 heavy (non-hydrogen) atoms. The number of aryl methyl sites for hydroxylation is 1. The maximum atomic E-state index is 13.7. The maximum absolute atomic E-state index is 13.7. The van der Waals surface area contributed by atoms with Crippen molar-refractivity contribution in [2.24, 2.45) is 0 Å². The molecular weight excluding hydrogens is 239 g/mol. The van der Waals surface area contributed by atoms with Crippen molar-refractivity contribution in [3.63, 3.8) is 0 Å². The predicted molar refractivity (Wildman–Crippen MR) is 73.3 cm³/mol. The highest BCUT2D eigenvalue weighted by atomic mass is 35.5. The van der Waals surface area contributed by atoms with Gasteiger partial charge in [-0.3, -0.25) is 0 Å². The Bertz CT molecular complexity index is 331. The molecule has 1 aromatic carbocycles. The molecule has 0 heterocycles. The van der Waals surface area contributed by atoms with Crippen molar-refractivity contribution in [1.82, 2.24) is 10.2 Å². The lowest BCUT2D eigenvalue weighted by Gasteiger charge is -2.18. The molecule has 4 heteroatoms. The summed E-state index contributed by atoms with van der Waals surface area (Å²) in [6, 6.07) is 5.33. The Morgan fingerprint density at radius 1 is 1.35 bits per heavy atom. The zero-order valence-electron chi connectivity index (χ0n) is 10.8. The van der Waals surface area contributed by atoms with Gasteiger partial charge in [-0.25, -0.2) is 4.39 Å². The highest BCUT2D eigenvalue weighted by Gasteiger charge is 2.09. The summed E-state index contributed by atoms with van der Waals surface area (Å²) < 4.78 is 13.7. The molecule has 0 aliphatic rings. The third kappa shape index (κ3) is 5.02. The van der Waals surface area contributed by atoms with E-state index in [-0.39, 0.29) is 18.2 Å². The van der Waals surface area contributed by atoms with Gasteiger partial charge in [0, 0.05) is 25.2 Å². The Hall–Kier alpha value is -0.640. The molecule has 0 unspecified atom stereocenters. The Kier molecular flexibility index (Phi) is 8.13. The lowest BCUT2D eigenvalue weighted by molar-refractivity contribution is 0.321. The molecule has 0 saturated carbocycles. The second-order valence-electron chi connectivity index (χ2n) is 4.07. The molecule has 1 N–H and O–H groups in total. The number of halogens is 2. The zero-order valence-corrected chi connectivity index (χ0v) is 11.6. The van der Waals surface area contributed by atoms with Crippen LogP contribution in [0.25, 0.3) is 0 Å². The second kappa shape index (κ2) is 8.45. The molecule has 0 atom stereocenters. The van der Waals surface area contributed by atoms with E-state index in [1.807, 2.05) is 20.2 Å². The van der Waals surface area contributed by atoms with E-state index >= 15 is 0 Å². The van der Waals surface area contributed by atoms with Crippen molar-refractivity contribution >= 4 is 12.4 Å². The van der Waals surface area contributed by atoms with Crippen LogP contribution in [-0.2, 0) is 13.0 Å². The molecule has 0 bridgehead atoms. The lowest BCUT2D eigenvalue weighted by Crippen LogP contribution is -2.27. The molecule has 1 aromatic rings. The van der Waals surface area contributed by atoms with Crippen LogP contribution in [-0.4, -0.2) is 32.1 Å². The van der Waals surface area contributed by atoms with Gasteiger partial charge in [-0.15, -0.1) is 12.4 Å². The minimum Gasteiger partial charge on any atom is -0.318 e. The average molecular weight is 261 g/mol. The van der Waals surface area contributed by atoms with Gasteiger partial charge in [-0.1, -0.05) is 19.1 Å². The van der Waals surface area contributed by atoms with Crippen LogP contribution in [0.15, 0.2) is 18.2 Å². The summed E-state index contributed by atoms with van der Waals surface area (Å²) in [5, 5.41) is 3.09. The number of nitrogens with zero attached hydrogens (tertiary/aromatic N) is 1. The third-order valence-corrected chi connectivity index (χ3v) is 2.77. The average Bonchev–Trinajstić information content (AvgIpc) is 2.29. The summed E-state index contributed by atoms with van der Waals surface area (Å²) in [4.78, 5) is 2.13. The van der Waals surface area contributed by atoms with Gasteiger partial charge in [0.1, 0.15) is 5.82 Å². The van der Waals surface area contributed by atoms with E-state index in [9.17, 15) is 4.39 Å². The molecular formula is C13H22ClFN2. The highest BCUT2D eigenvalue weighted by Crippen LogP contribution is 2.15. The van der Waals surface area contributed by atoms with E-state index in [0.29, 0.717) is 6.54 Å². The first-order valence-corrected chi connectivity index (χ1v) is 5.78. The molecule has 0 aliphatic heterocycles. The molecule has 0 aromatic heterocycles. The Morgan fingerprint density at radius 3 is 2.65 bits per heavy atom. The smallest absolute Gasteiger partial charge is 0.127 e. The van der Waals surface area contributed by atoms with Crippen molar-refractivity contribution < 1.29 is 4.39 Å². The van der Waals surface area contributed by atoms with Crippen molar-refractivity contribution in [1.29, 1.82) is 0 Å². The summed E-state index contributed by atoms with van der Waals surface area (Å²) >= 11 is 0. The first-order chi connectivity index (χ1) is 7.69. The molecule has 1 rings (SSSR count). The largest absolute Gasteiger partial charge is 0.318 e. The Labute approximate surface area is 110 Å². The van der Waals surface area contributed by atoms with E-state index in [1.54, 1.807) is 12.1 Å². The maximum Gasteiger partial charge on any atom is 0.127 e. The molecule has 0 saturated heterocycles. The Balaban J connectivity index is 0.00000256. The predicted octanol–water partition coefficient (Wildman–Crippen LogP) is 2.46. The summed E-state index contributed by atoms with van der Waals surface area (Å²) in [7, 11) is 3.94. The first kappa shape index (κ1) is 16.4. The van der Waals surface area contributed by atoms with Gasteiger partial charge in [-0.2, -0.15) is 0 Å². The van der Waals surface area contributed by atoms with E-state index in [4.69, 9.17) is 0 Å². The van der Waals surface area contributed by atoms with Crippen LogP contribution >= 0.6 is 12.4 Å². The number of hydrogen-bond donors (Lipinski definition) is 1. The fourth-order valence-electron chi connectivity index (χ4n) is 1.76. The van der Waals surface area contributed by atoms with Crippen molar-refractivity contribution in [2.75, 3.05) is 27.2 Å². The van der Waals surface area contributed by atoms with Crippen LogP contribution in [0.4, 0.5) is 4.39 Å². The van der Waals surface area contributed by atoms with Gasteiger partial charge in [0.05, 0.1) is 0 Å². The monoisotopic (exact) mass is 260 g/mol. The van der Waals surface area contributed by atoms with E-state index in [0.717, 1.165) is 30.6 Å². The van der Waals surface area contributed by atoms with E-state index in [2.05, 4.69) is 17.1 Å². The second-order valence-corrected chi connectivity index (χ2v) is 4.07. The molecule has 0 aliphatic carbocycles. The van der Waals surface area contributed by atoms with Gasteiger partial charge < -0.3 is 10.2 Å². The van der Waals surface area contributed by atoms with Gasteiger partial charge >= 0.3 is 0 Å². The lowest BCUT2D eigenvalue weighted by atomic mass is 10.0. The van der Waals surface area contributed by atoms with E-state index in [1.165, 1.54) is 0 Å². The number of benzene rings is 1. The van der Waals surface area contributed by atoms with Gasteiger partial charge in [0.25, 0.3) is 0 Å². The van der Waals surface area contributed by atoms with E-state index < -0.39 is 0 Å². The fraction of sp³-hybridized carbons (Fsp3) is 0.538. The third-order valence-electron chi connectivity index (χ3n) is 2.77. The molecule has 0 radical (unpaired) electrons. The molecule has 2 nitrogen and oxygen atoms in total. The van der Waals surface area contributed by atoms with Crippen molar-refractivity contribution in [2.45, 2.75) is 19.9 Å². The number of nitrogens with one attached hydrogen (secondary N) is 1. The van der Waals surface area contributed by atoms with Crippen LogP contribution < -0.4 is 5.32 Å². The summed E-state index contributed by atoms with van der Waals surface area (Å²) in [6.07, 6.45) is 0.882. The van der Waals surface area contributed by atoms with Crippen LogP contribution in [0.5, 0.6) is 0 Å². The molecule has 0 amide bonds. The van der Waals surface area contributed by atoms with Crippen molar-refractivity contribution in [3.05, 3.63) is 35.1 Å². The van der Waals surface area contributed by atoms with Crippen LogP contribution in [0.2, 0.25) is 0 Å². The van der Waals surface area contributed by atoms with Crippen LogP contribution in [0.3, 0.4) is 0 Å². The van der Waals surface area contributed by atoms with Crippen LogP contribution in [0.1, 0.15) is 18.1 Å². The minimum absolute atomic E-state index is 0. The normalized spacial score (nSPS) is 10.4. The molecule has 98 valence electrons. The van der Waals surface area contributed by atoms with Gasteiger partial charge in [0.15, 0.2) is 0 Å². The standard InChI is InChI=1S/C13H21FN2.ClH/c1-4-11-6-5-7-13(14)12(11)10-16(3)9-8-15-2;/h5-7,15H,4,8-10H2,1-3H3;1H. The summed E-state index contributed by atoms with van der Waals surface area (Å²) in [6.45, 7) is 4.59. The highest BCUT2D eigenvalue weighted by molar-refractivity contribution is 5.85. The SMILES string of the molecule is CCc1cccc(F)c1CN(C)CCNC.Cl. The quantitative estimate of drug-likeness (QED) is 0.845. The molecule has 0 spiro atoms. The Morgan fingerprint density at radius 2 is 2.06 bits per heavy atom. The zero-order chi connectivity index (χ0) is 12.0. The van der Waals surface area contributed by atoms with Gasteiger partial charge in [0.2, 0.25) is 0 Å². The summed E-state index contributed by atoms with van der Waals surface area (Å²) in [5.41, 5.74) is 1.94. The molecule has 0 fully saturated rings. The number of likely N-dealkylation sites (N-methyl/N-ethyl adjacent to an activating group) is 2. The minimum atomic E-state index is -0.0874. The fourth-order valence-corrected chi connectivity index (χ4v) is 1.76. The summed E-state index contributed by atoms with van der Waals surface area (Å²) in [5.74, 6) is -0.0874. The topological polar surface area (TPSA) is 15.3 Å². The van der Waals surface area contributed by atoms with Gasteiger partial charge in [-0.05, 0) is 32.1 Å². The van der Waals surface area contributed by atoms with Crippen LogP contribution in [0, 0.1) is 5.82 Å².